The van der Waals surface area contributed by atoms with Crippen LogP contribution in [0.4, 0.5) is 10.5 Å². The summed E-state index contributed by atoms with van der Waals surface area (Å²) < 4.78 is 5.28. The smallest absolute Gasteiger partial charge is 0.412 e. The maximum Gasteiger partial charge on any atom is 0.412 e. The van der Waals surface area contributed by atoms with Gasteiger partial charge in [0.2, 0.25) is 6.10 Å². The number of nitriles is 1. The second-order valence-electron chi connectivity index (χ2n) is 7.61. The van der Waals surface area contributed by atoms with E-state index in [-0.39, 0.29) is 6.42 Å². The lowest BCUT2D eigenvalue weighted by molar-refractivity contribution is -0.146. The molecule has 0 bridgehead atoms. The van der Waals surface area contributed by atoms with Gasteiger partial charge in [-0.05, 0) is 78.5 Å². The summed E-state index contributed by atoms with van der Waals surface area (Å²) in [6.45, 7) is 0. The molecule has 1 atom stereocenters. The fraction of sp³-hybridized carbons (Fsp3) is 0.348. The van der Waals surface area contributed by atoms with Gasteiger partial charge in [-0.25, -0.2) is 9.59 Å². The van der Waals surface area contributed by atoms with Crippen molar-refractivity contribution in [3.05, 3.63) is 63.7 Å². The Bertz CT molecular complexity index is 990. The fourth-order valence-electron chi connectivity index (χ4n) is 4.39. The van der Waals surface area contributed by atoms with E-state index in [0.717, 1.165) is 55.3 Å². The van der Waals surface area contributed by atoms with Crippen molar-refractivity contribution >= 4 is 17.7 Å². The number of nitrogens with one attached hydrogen (secondary N) is 1. The van der Waals surface area contributed by atoms with Crippen LogP contribution in [0.2, 0.25) is 0 Å². The highest BCUT2D eigenvalue weighted by atomic mass is 16.6. The second-order valence-corrected chi connectivity index (χ2v) is 7.61. The van der Waals surface area contributed by atoms with E-state index in [1.54, 1.807) is 24.3 Å². The van der Waals surface area contributed by atoms with E-state index in [0.29, 0.717) is 11.1 Å². The van der Waals surface area contributed by atoms with Gasteiger partial charge in [-0.2, -0.15) is 5.26 Å². The first-order chi connectivity index (χ1) is 14.0. The van der Waals surface area contributed by atoms with Crippen molar-refractivity contribution in [3.63, 3.8) is 0 Å². The topological polar surface area (TPSA) is 99.4 Å². The number of hydrogen-bond acceptors (Lipinski definition) is 4. The molecule has 1 unspecified atom stereocenters. The van der Waals surface area contributed by atoms with Gasteiger partial charge in [0.1, 0.15) is 0 Å². The number of aliphatic carboxylic acids is 1. The minimum absolute atomic E-state index is 0.00325. The Labute approximate surface area is 169 Å². The number of ether oxygens (including phenoxy) is 1. The number of aryl methyl sites for hydroxylation is 2. The van der Waals surface area contributed by atoms with Gasteiger partial charge in [0.25, 0.3) is 0 Å². The molecule has 6 nitrogen and oxygen atoms in total. The molecule has 0 fully saturated rings. The lowest BCUT2D eigenvalue weighted by atomic mass is 9.99. The van der Waals surface area contributed by atoms with Crippen molar-refractivity contribution < 1.29 is 19.4 Å². The maximum absolute atomic E-state index is 12.6. The molecule has 0 saturated carbocycles. The predicted octanol–water partition coefficient (Wildman–Crippen LogP) is 3.78. The molecule has 0 aromatic heterocycles. The zero-order chi connectivity index (χ0) is 20.4. The van der Waals surface area contributed by atoms with E-state index in [9.17, 15) is 14.7 Å². The molecular formula is C23H22N2O4. The van der Waals surface area contributed by atoms with Crippen molar-refractivity contribution in [3.8, 4) is 6.07 Å². The number of carboxylic acid groups (broad SMARTS) is 1. The van der Waals surface area contributed by atoms with Crippen LogP contribution in [-0.4, -0.2) is 23.3 Å². The summed E-state index contributed by atoms with van der Waals surface area (Å²) in [6, 6.07) is 10.9. The highest BCUT2D eigenvalue weighted by Crippen LogP contribution is 2.38. The van der Waals surface area contributed by atoms with Crippen LogP contribution in [-0.2, 0) is 41.6 Å². The van der Waals surface area contributed by atoms with Gasteiger partial charge < -0.3 is 9.84 Å². The minimum Gasteiger partial charge on any atom is -0.478 e. The van der Waals surface area contributed by atoms with E-state index in [4.69, 9.17) is 10.00 Å². The van der Waals surface area contributed by atoms with Crippen LogP contribution in [0.25, 0.3) is 0 Å². The molecule has 2 N–H and O–H groups in total. The molecule has 6 heteroatoms. The molecule has 4 rings (SSSR count). The van der Waals surface area contributed by atoms with Crippen LogP contribution in [0, 0.1) is 11.3 Å². The number of amides is 1. The summed E-state index contributed by atoms with van der Waals surface area (Å²) in [5.74, 6) is -1.22. The Morgan fingerprint density at radius 3 is 2.41 bits per heavy atom. The molecule has 2 aliphatic carbocycles. The molecule has 0 saturated heterocycles. The van der Waals surface area contributed by atoms with Crippen molar-refractivity contribution in [2.75, 3.05) is 5.32 Å². The second kappa shape index (κ2) is 7.96. The molecule has 2 aromatic rings. The first-order valence-corrected chi connectivity index (χ1v) is 9.91. The highest BCUT2D eigenvalue weighted by Gasteiger charge is 2.27. The third-order valence-electron chi connectivity index (χ3n) is 5.70. The third-order valence-corrected chi connectivity index (χ3v) is 5.70. The number of nitrogens with zero attached hydrogens (tertiary/aromatic N) is 1. The predicted molar refractivity (Wildman–Crippen MR) is 107 cm³/mol. The van der Waals surface area contributed by atoms with Crippen molar-refractivity contribution in [1.29, 1.82) is 5.26 Å². The minimum atomic E-state index is -1.33. The molecule has 0 heterocycles. The molecule has 29 heavy (non-hydrogen) atoms. The fourth-order valence-corrected chi connectivity index (χ4v) is 4.39. The molecule has 0 radical (unpaired) electrons. The van der Waals surface area contributed by atoms with Gasteiger partial charge >= 0.3 is 12.1 Å². The first kappa shape index (κ1) is 19.0. The van der Waals surface area contributed by atoms with Gasteiger partial charge in [0.15, 0.2) is 0 Å². The zero-order valence-corrected chi connectivity index (χ0v) is 16.0. The van der Waals surface area contributed by atoms with Crippen LogP contribution < -0.4 is 5.32 Å². The summed E-state index contributed by atoms with van der Waals surface area (Å²) in [5.41, 5.74) is 6.78. The van der Waals surface area contributed by atoms with Gasteiger partial charge in [-0.15, -0.1) is 0 Å². The highest BCUT2D eigenvalue weighted by molar-refractivity contribution is 5.90. The van der Waals surface area contributed by atoms with E-state index in [1.165, 1.54) is 11.1 Å². The number of rotatable bonds is 5. The Morgan fingerprint density at radius 1 is 1.10 bits per heavy atom. The summed E-state index contributed by atoms with van der Waals surface area (Å²) in [4.78, 5) is 24.2. The Morgan fingerprint density at radius 2 is 1.79 bits per heavy atom. The Balaban J connectivity index is 1.51. The van der Waals surface area contributed by atoms with Crippen LogP contribution >= 0.6 is 0 Å². The number of carbonyl (C=O) groups excluding carboxylic acids is 1. The molecule has 148 valence electrons. The van der Waals surface area contributed by atoms with Gasteiger partial charge in [0, 0.05) is 6.42 Å². The molecule has 2 aliphatic rings. The van der Waals surface area contributed by atoms with E-state index >= 15 is 0 Å². The summed E-state index contributed by atoms with van der Waals surface area (Å²) in [6.07, 6.45) is 3.92. The van der Waals surface area contributed by atoms with Crippen LogP contribution in [0.15, 0.2) is 30.3 Å². The SMILES string of the molecule is N#Cc1cccc(CC(OC(=O)Nc2c3c(cc4c2CCC4)CCC3)C(=O)O)c1. The van der Waals surface area contributed by atoms with Crippen LogP contribution in [0.3, 0.4) is 0 Å². The largest absolute Gasteiger partial charge is 0.478 e. The van der Waals surface area contributed by atoms with E-state index in [1.807, 2.05) is 6.07 Å². The Hall–Kier alpha value is -3.33. The third kappa shape index (κ3) is 3.95. The maximum atomic E-state index is 12.6. The zero-order valence-electron chi connectivity index (χ0n) is 16.0. The quantitative estimate of drug-likeness (QED) is 0.809. The Kier molecular flexibility index (Phi) is 5.22. The number of anilines is 1. The van der Waals surface area contributed by atoms with Crippen molar-refractivity contribution in [2.24, 2.45) is 0 Å². The number of carboxylic acids is 1. The summed E-state index contributed by atoms with van der Waals surface area (Å²) in [7, 11) is 0. The lowest BCUT2D eigenvalue weighted by Crippen LogP contribution is -2.31. The van der Waals surface area contributed by atoms with Crippen LogP contribution in [0.1, 0.15) is 46.2 Å². The van der Waals surface area contributed by atoms with Crippen molar-refractivity contribution in [2.45, 2.75) is 51.0 Å². The monoisotopic (exact) mass is 390 g/mol. The van der Waals surface area contributed by atoms with Crippen molar-refractivity contribution in [1.82, 2.24) is 0 Å². The van der Waals surface area contributed by atoms with Gasteiger partial charge in [0.05, 0.1) is 17.3 Å². The standard InChI is InChI=1S/C23H22N2O4/c24-13-15-5-1-4-14(10-15)11-20(22(26)27)29-23(28)25-21-18-8-2-6-16(18)12-17-7-3-9-19(17)21/h1,4-5,10,12,20H,2-3,6-9,11H2,(H,25,28)(H,26,27). The average Bonchev–Trinajstić information content (AvgIpc) is 3.36. The summed E-state index contributed by atoms with van der Waals surface area (Å²) in [5, 5.41) is 21.4. The normalized spacial score (nSPS) is 15.1. The molecule has 0 aliphatic heterocycles. The molecule has 0 spiro atoms. The van der Waals surface area contributed by atoms with Crippen LogP contribution in [0.5, 0.6) is 0 Å². The van der Waals surface area contributed by atoms with E-state index < -0.39 is 18.2 Å². The van der Waals surface area contributed by atoms with E-state index in [2.05, 4.69) is 11.4 Å². The lowest BCUT2D eigenvalue weighted by Gasteiger charge is -2.18. The number of benzene rings is 2. The first-order valence-electron chi connectivity index (χ1n) is 9.91. The van der Waals surface area contributed by atoms with Gasteiger partial charge in [-0.3, -0.25) is 5.32 Å². The molecule has 2 aromatic carbocycles. The van der Waals surface area contributed by atoms with Gasteiger partial charge in [-0.1, -0.05) is 18.2 Å². The summed E-state index contributed by atoms with van der Waals surface area (Å²) >= 11 is 0. The average molecular weight is 390 g/mol. The number of hydrogen-bond donors (Lipinski definition) is 2. The molecular weight excluding hydrogens is 368 g/mol. The molecule has 1 amide bonds. The number of fused-ring (bicyclic) bond motifs is 2. The number of carbonyl (C=O) groups is 2.